The molecule has 0 saturated heterocycles. The standard InChI is InChI=1S/C23H32N4O3/c1-5-12-27-21(24)20(22(29)25(4)23(27)30)19(28)14-26(18-10-11-18)13-16-6-8-17(9-7-16)15(2)3/h6-9,15,18H,5,10-14,24H2,1-4H3/p+1. The van der Waals surface area contributed by atoms with Gasteiger partial charge in [0.25, 0.3) is 5.56 Å². The minimum absolute atomic E-state index is 0.00798. The summed E-state index contributed by atoms with van der Waals surface area (Å²) in [7, 11) is 1.40. The fourth-order valence-corrected chi connectivity index (χ4v) is 3.90. The normalized spacial score (nSPS) is 14.8. The van der Waals surface area contributed by atoms with E-state index >= 15 is 0 Å². The van der Waals surface area contributed by atoms with Crippen molar-refractivity contribution in [2.24, 2.45) is 7.05 Å². The first-order chi connectivity index (χ1) is 14.2. The molecule has 1 aliphatic rings. The molecule has 0 bridgehead atoms. The number of hydrogen-bond donors (Lipinski definition) is 2. The highest BCUT2D eigenvalue weighted by molar-refractivity contribution is 6.00. The van der Waals surface area contributed by atoms with Crippen LogP contribution in [0.25, 0.3) is 0 Å². The molecule has 1 unspecified atom stereocenters. The Morgan fingerprint density at radius 2 is 1.83 bits per heavy atom. The van der Waals surface area contributed by atoms with Crippen molar-refractivity contribution in [3.8, 4) is 0 Å². The number of carbonyl (C=O) groups is 1. The number of hydrogen-bond acceptors (Lipinski definition) is 4. The molecule has 1 aromatic heterocycles. The van der Waals surface area contributed by atoms with Crippen LogP contribution in [0.3, 0.4) is 0 Å². The zero-order valence-corrected chi connectivity index (χ0v) is 18.4. The van der Waals surface area contributed by atoms with Crippen LogP contribution in [0.15, 0.2) is 33.9 Å². The number of anilines is 1. The average molecular weight is 414 g/mol. The van der Waals surface area contributed by atoms with Crippen molar-refractivity contribution >= 4 is 11.6 Å². The maximum absolute atomic E-state index is 13.2. The number of nitrogen functional groups attached to an aromatic ring is 1. The van der Waals surface area contributed by atoms with Gasteiger partial charge in [0, 0.05) is 32.0 Å². The Balaban J connectivity index is 1.86. The molecule has 1 saturated carbocycles. The molecule has 3 rings (SSSR count). The number of benzene rings is 1. The number of aromatic nitrogens is 2. The van der Waals surface area contributed by atoms with E-state index in [9.17, 15) is 14.4 Å². The van der Waals surface area contributed by atoms with Crippen molar-refractivity contribution in [2.45, 2.75) is 65.1 Å². The lowest BCUT2D eigenvalue weighted by Crippen LogP contribution is -3.13. The zero-order valence-electron chi connectivity index (χ0n) is 18.4. The second kappa shape index (κ2) is 9.00. The van der Waals surface area contributed by atoms with Gasteiger partial charge in [-0.15, -0.1) is 0 Å². The molecular formula is C23H33N4O3+. The van der Waals surface area contributed by atoms with Gasteiger partial charge in [-0.3, -0.25) is 18.7 Å². The maximum atomic E-state index is 13.2. The summed E-state index contributed by atoms with van der Waals surface area (Å²) in [6.45, 7) is 7.54. The molecule has 0 spiro atoms. The van der Waals surface area contributed by atoms with Crippen molar-refractivity contribution in [3.63, 3.8) is 0 Å². The van der Waals surface area contributed by atoms with E-state index < -0.39 is 11.2 Å². The van der Waals surface area contributed by atoms with Crippen LogP contribution in [0.2, 0.25) is 0 Å². The van der Waals surface area contributed by atoms with E-state index in [-0.39, 0.29) is 23.7 Å². The van der Waals surface area contributed by atoms with Crippen molar-refractivity contribution < 1.29 is 9.69 Å². The Hall–Kier alpha value is -2.67. The number of Topliss-reactive ketones (excluding diaryl/α,β-unsaturated/α-hetero) is 1. The predicted octanol–water partition coefficient (Wildman–Crippen LogP) is 1.09. The van der Waals surface area contributed by atoms with Gasteiger partial charge in [0.2, 0.25) is 5.78 Å². The Kier molecular flexibility index (Phi) is 6.61. The summed E-state index contributed by atoms with van der Waals surface area (Å²) < 4.78 is 2.32. The van der Waals surface area contributed by atoms with E-state index in [1.54, 1.807) is 0 Å². The van der Waals surface area contributed by atoms with E-state index in [2.05, 4.69) is 38.1 Å². The van der Waals surface area contributed by atoms with Crippen LogP contribution in [0.1, 0.15) is 67.4 Å². The first-order valence-electron chi connectivity index (χ1n) is 10.8. The van der Waals surface area contributed by atoms with Crippen LogP contribution < -0.4 is 21.9 Å². The molecule has 0 radical (unpaired) electrons. The van der Waals surface area contributed by atoms with Crippen LogP contribution in [-0.4, -0.2) is 27.5 Å². The lowest BCUT2D eigenvalue weighted by molar-refractivity contribution is -0.916. The largest absolute Gasteiger partial charge is 0.384 e. The summed E-state index contributed by atoms with van der Waals surface area (Å²) in [4.78, 5) is 39.3. The smallest absolute Gasteiger partial charge is 0.332 e. The van der Waals surface area contributed by atoms with Crippen molar-refractivity contribution in [3.05, 3.63) is 61.8 Å². The molecule has 1 aromatic carbocycles. The fourth-order valence-electron chi connectivity index (χ4n) is 3.90. The topological polar surface area (TPSA) is 91.5 Å². The zero-order chi connectivity index (χ0) is 22.0. The second-order valence-corrected chi connectivity index (χ2v) is 8.66. The van der Waals surface area contributed by atoms with E-state index in [4.69, 9.17) is 5.73 Å². The van der Waals surface area contributed by atoms with Gasteiger partial charge in [0.15, 0.2) is 0 Å². The lowest BCUT2D eigenvalue weighted by atomic mass is 10.0. The van der Waals surface area contributed by atoms with Crippen LogP contribution in [-0.2, 0) is 20.1 Å². The Bertz CT molecular complexity index is 1030. The molecular weight excluding hydrogens is 380 g/mol. The number of quaternary nitrogens is 1. The Morgan fingerprint density at radius 3 is 2.37 bits per heavy atom. The summed E-state index contributed by atoms with van der Waals surface area (Å²) in [5, 5.41) is 0. The highest BCUT2D eigenvalue weighted by Gasteiger charge is 2.36. The third kappa shape index (κ3) is 4.56. The van der Waals surface area contributed by atoms with Crippen LogP contribution in [0.5, 0.6) is 0 Å². The van der Waals surface area contributed by atoms with E-state index in [0.29, 0.717) is 24.9 Å². The van der Waals surface area contributed by atoms with E-state index in [1.165, 1.54) is 22.7 Å². The third-order valence-electron chi connectivity index (χ3n) is 5.93. The summed E-state index contributed by atoms with van der Waals surface area (Å²) in [6.07, 6.45) is 2.84. The summed E-state index contributed by atoms with van der Waals surface area (Å²) in [5.41, 5.74) is 7.45. The number of nitrogens with one attached hydrogen (secondary N) is 1. The van der Waals surface area contributed by atoms with Gasteiger partial charge in [-0.05, 0) is 17.9 Å². The molecule has 1 atom stereocenters. The first kappa shape index (κ1) is 22.0. The summed E-state index contributed by atoms with van der Waals surface area (Å²) >= 11 is 0. The number of nitrogens with zero attached hydrogens (tertiary/aromatic N) is 2. The number of rotatable bonds is 9. The van der Waals surface area contributed by atoms with Gasteiger partial charge < -0.3 is 10.6 Å². The van der Waals surface area contributed by atoms with Gasteiger partial charge in [-0.1, -0.05) is 45.0 Å². The van der Waals surface area contributed by atoms with E-state index in [0.717, 1.165) is 28.9 Å². The molecule has 3 N–H and O–H groups in total. The molecule has 1 fully saturated rings. The lowest BCUT2D eigenvalue weighted by Gasteiger charge is -2.20. The van der Waals surface area contributed by atoms with Crippen LogP contribution in [0, 0.1) is 0 Å². The fraction of sp³-hybridized carbons (Fsp3) is 0.522. The van der Waals surface area contributed by atoms with E-state index in [1.807, 2.05) is 6.92 Å². The predicted molar refractivity (Wildman–Crippen MR) is 118 cm³/mol. The molecule has 0 aliphatic heterocycles. The van der Waals surface area contributed by atoms with Crippen molar-refractivity contribution in [1.82, 2.24) is 9.13 Å². The van der Waals surface area contributed by atoms with Crippen LogP contribution >= 0.6 is 0 Å². The van der Waals surface area contributed by atoms with Gasteiger partial charge in [0.1, 0.15) is 24.5 Å². The van der Waals surface area contributed by atoms with Gasteiger partial charge >= 0.3 is 5.69 Å². The number of nitrogens with two attached hydrogens (primary N) is 1. The van der Waals surface area contributed by atoms with Gasteiger partial charge in [0.05, 0.1) is 6.04 Å². The molecule has 162 valence electrons. The summed E-state index contributed by atoms with van der Waals surface area (Å²) in [6, 6.07) is 8.94. The molecule has 7 heteroatoms. The second-order valence-electron chi connectivity index (χ2n) is 8.66. The molecule has 1 heterocycles. The summed E-state index contributed by atoms with van der Waals surface area (Å²) in [5.74, 6) is 0.176. The van der Waals surface area contributed by atoms with Gasteiger partial charge in [-0.2, -0.15) is 0 Å². The molecule has 0 amide bonds. The molecule has 30 heavy (non-hydrogen) atoms. The molecule has 1 aliphatic carbocycles. The number of ketones is 1. The SMILES string of the molecule is CCCn1c(N)c(C(=O)C[NH+](Cc2ccc(C(C)C)cc2)C2CC2)c(=O)n(C)c1=O. The maximum Gasteiger partial charge on any atom is 0.332 e. The van der Waals surface area contributed by atoms with Crippen molar-refractivity contribution in [1.29, 1.82) is 0 Å². The Labute approximate surface area is 177 Å². The average Bonchev–Trinajstić information content (AvgIpc) is 3.55. The van der Waals surface area contributed by atoms with Gasteiger partial charge in [-0.25, -0.2) is 4.79 Å². The molecule has 2 aromatic rings. The first-order valence-corrected chi connectivity index (χ1v) is 10.8. The number of carbonyl (C=O) groups excluding carboxylic acids is 1. The quantitative estimate of drug-likeness (QED) is 0.602. The van der Waals surface area contributed by atoms with Crippen molar-refractivity contribution in [2.75, 3.05) is 12.3 Å². The Morgan fingerprint density at radius 1 is 1.20 bits per heavy atom. The minimum Gasteiger partial charge on any atom is -0.384 e. The third-order valence-corrected chi connectivity index (χ3v) is 5.93. The van der Waals surface area contributed by atoms with Crippen LogP contribution in [0.4, 0.5) is 5.82 Å². The highest BCUT2D eigenvalue weighted by atomic mass is 16.2. The molecule has 7 nitrogen and oxygen atoms in total. The minimum atomic E-state index is -0.605. The monoisotopic (exact) mass is 413 g/mol. The highest BCUT2D eigenvalue weighted by Crippen LogP contribution is 2.18.